The Morgan fingerprint density at radius 1 is 1.56 bits per heavy atom. The van der Waals surface area contributed by atoms with E-state index in [4.69, 9.17) is 5.73 Å². The van der Waals surface area contributed by atoms with E-state index in [1.165, 1.54) is 12.8 Å². The fourth-order valence-electron chi connectivity index (χ4n) is 2.20. The third-order valence-corrected chi connectivity index (χ3v) is 3.58. The predicted octanol–water partition coefficient (Wildman–Crippen LogP) is 0.910. The maximum absolute atomic E-state index is 11.3. The zero-order valence-corrected chi connectivity index (χ0v) is 9.39. The Labute approximate surface area is 94.0 Å². The van der Waals surface area contributed by atoms with Crippen molar-refractivity contribution in [2.45, 2.75) is 38.6 Å². The lowest BCUT2D eigenvalue weighted by Crippen LogP contribution is -2.15. The third kappa shape index (κ3) is 1.60. The standard InChI is InChI=1S/C11H16N4O/c1-6-4-8(6)15-9(5-7-2-3-7)10(11(12)16)13-14-15/h6-8H,2-5H2,1H3,(H2,12,16). The molecule has 5 nitrogen and oxygen atoms in total. The summed E-state index contributed by atoms with van der Waals surface area (Å²) in [6, 6.07) is 0.439. The lowest BCUT2D eigenvalue weighted by molar-refractivity contribution is 0.0994. The van der Waals surface area contributed by atoms with Crippen LogP contribution in [0.5, 0.6) is 0 Å². The fraction of sp³-hybridized carbons (Fsp3) is 0.727. The second-order valence-electron chi connectivity index (χ2n) is 5.12. The second-order valence-corrected chi connectivity index (χ2v) is 5.12. The Morgan fingerprint density at radius 2 is 2.25 bits per heavy atom. The summed E-state index contributed by atoms with van der Waals surface area (Å²) < 4.78 is 1.93. The lowest BCUT2D eigenvalue weighted by Gasteiger charge is -2.05. The van der Waals surface area contributed by atoms with Crippen LogP contribution in [-0.2, 0) is 6.42 Å². The van der Waals surface area contributed by atoms with E-state index in [9.17, 15) is 4.79 Å². The fourth-order valence-corrected chi connectivity index (χ4v) is 2.20. The number of primary amides is 1. The molecule has 2 aliphatic rings. The van der Waals surface area contributed by atoms with E-state index in [-0.39, 0.29) is 0 Å². The molecule has 2 unspecified atom stereocenters. The molecule has 2 atom stereocenters. The molecule has 0 radical (unpaired) electrons. The van der Waals surface area contributed by atoms with Gasteiger partial charge in [0.05, 0.1) is 11.7 Å². The summed E-state index contributed by atoms with van der Waals surface area (Å²) in [7, 11) is 0. The monoisotopic (exact) mass is 220 g/mol. The minimum atomic E-state index is -0.449. The summed E-state index contributed by atoms with van der Waals surface area (Å²) in [5, 5.41) is 8.03. The van der Waals surface area contributed by atoms with E-state index >= 15 is 0 Å². The van der Waals surface area contributed by atoms with Crippen molar-refractivity contribution in [3.8, 4) is 0 Å². The molecule has 0 saturated heterocycles. The van der Waals surface area contributed by atoms with Crippen LogP contribution in [0.2, 0.25) is 0 Å². The highest BCUT2D eigenvalue weighted by Crippen LogP contribution is 2.44. The smallest absolute Gasteiger partial charge is 0.271 e. The molecule has 2 saturated carbocycles. The van der Waals surface area contributed by atoms with Crippen molar-refractivity contribution in [3.63, 3.8) is 0 Å². The molecule has 0 aliphatic heterocycles. The van der Waals surface area contributed by atoms with Crippen LogP contribution in [0.3, 0.4) is 0 Å². The number of hydrogen-bond donors (Lipinski definition) is 1. The summed E-state index contributed by atoms with van der Waals surface area (Å²) >= 11 is 0. The Balaban J connectivity index is 1.93. The van der Waals surface area contributed by atoms with Crippen molar-refractivity contribution in [2.75, 3.05) is 0 Å². The SMILES string of the molecule is CC1CC1n1nnc(C(N)=O)c1CC1CC1. The van der Waals surface area contributed by atoms with Crippen LogP contribution >= 0.6 is 0 Å². The van der Waals surface area contributed by atoms with Gasteiger partial charge in [-0.15, -0.1) is 5.10 Å². The van der Waals surface area contributed by atoms with Crippen molar-refractivity contribution in [2.24, 2.45) is 17.6 Å². The molecule has 1 amide bonds. The summed E-state index contributed by atoms with van der Waals surface area (Å²) in [5.41, 5.74) is 6.67. The van der Waals surface area contributed by atoms with Crippen LogP contribution < -0.4 is 5.73 Å². The molecule has 2 fully saturated rings. The van der Waals surface area contributed by atoms with Gasteiger partial charge in [-0.1, -0.05) is 12.1 Å². The second kappa shape index (κ2) is 3.30. The highest BCUT2D eigenvalue weighted by molar-refractivity contribution is 5.91. The van der Waals surface area contributed by atoms with Crippen molar-refractivity contribution in [1.29, 1.82) is 0 Å². The summed E-state index contributed by atoms with van der Waals surface area (Å²) in [6.45, 7) is 2.19. The van der Waals surface area contributed by atoms with Crippen molar-refractivity contribution in [3.05, 3.63) is 11.4 Å². The number of nitrogens with two attached hydrogens (primary N) is 1. The molecule has 0 spiro atoms. The topological polar surface area (TPSA) is 73.8 Å². The van der Waals surface area contributed by atoms with E-state index < -0.39 is 5.91 Å². The van der Waals surface area contributed by atoms with Gasteiger partial charge in [-0.2, -0.15) is 0 Å². The molecule has 0 bridgehead atoms. The average molecular weight is 220 g/mol. The van der Waals surface area contributed by atoms with Gasteiger partial charge in [-0.25, -0.2) is 4.68 Å². The molecule has 5 heteroatoms. The maximum atomic E-state index is 11.3. The van der Waals surface area contributed by atoms with Crippen LogP contribution in [-0.4, -0.2) is 20.9 Å². The zero-order chi connectivity index (χ0) is 11.3. The highest BCUT2D eigenvalue weighted by Gasteiger charge is 2.39. The Kier molecular flexibility index (Phi) is 2.02. The Hall–Kier alpha value is -1.39. The van der Waals surface area contributed by atoms with Crippen LogP contribution in [0.25, 0.3) is 0 Å². The summed E-state index contributed by atoms with van der Waals surface area (Å²) in [5.74, 6) is 0.917. The van der Waals surface area contributed by atoms with Gasteiger partial charge in [0, 0.05) is 0 Å². The van der Waals surface area contributed by atoms with Gasteiger partial charge in [-0.05, 0) is 37.5 Å². The predicted molar refractivity (Wildman–Crippen MR) is 57.8 cm³/mol. The zero-order valence-electron chi connectivity index (χ0n) is 9.39. The van der Waals surface area contributed by atoms with Gasteiger partial charge in [0.2, 0.25) is 0 Å². The molecule has 2 aliphatic carbocycles. The first-order chi connectivity index (χ1) is 7.66. The molecule has 1 aromatic heterocycles. The molecule has 2 N–H and O–H groups in total. The normalized spacial score (nSPS) is 28.1. The van der Waals surface area contributed by atoms with Gasteiger partial charge in [0.1, 0.15) is 0 Å². The van der Waals surface area contributed by atoms with Crippen molar-refractivity contribution in [1.82, 2.24) is 15.0 Å². The van der Waals surface area contributed by atoms with Gasteiger partial charge in [0.15, 0.2) is 5.69 Å². The molecule has 1 aromatic rings. The van der Waals surface area contributed by atoms with Gasteiger partial charge >= 0.3 is 0 Å². The summed E-state index contributed by atoms with van der Waals surface area (Å²) in [6.07, 6.45) is 4.56. The third-order valence-electron chi connectivity index (χ3n) is 3.58. The molecule has 86 valence electrons. The first kappa shape index (κ1) is 9.81. The highest BCUT2D eigenvalue weighted by atomic mass is 16.1. The largest absolute Gasteiger partial charge is 0.364 e. The Bertz CT molecular complexity index is 435. The number of carbonyl (C=O) groups is 1. The molecular weight excluding hydrogens is 204 g/mol. The van der Waals surface area contributed by atoms with Crippen molar-refractivity contribution >= 4 is 5.91 Å². The molecular formula is C11H16N4O. The van der Waals surface area contributed by atoms with Gasteiger partial charge in [-0.3, -0.25) is 4.79 Å². The number of amides is 1. The number of rotatable bonds is 4. The van der Waals surface area contributed by atoms with E-state index in [1.54, 1.807) is 0 Å². The Morgan fingerprint density at radius 3 is 2.75 bits per heavy atom. The van der Waals surface area contributed by atoms with E-state index in [2.05, 4.69) is 17.2 Å². The number of nitrogens with zero attached hydrogens (tertiary/aromatic N) is 3. The quantitative estimate of drug-likeness (QED) is 0.819. The number of aromatic nitrogens is 3. The van der Waals surface area contributed by atoms with Crippen LogP contribution in [0, 0.1) is 11.8 Å². The van der Waals surface area contributed by atoms with Crippen LogP contribution in [0.15, 0.2) is 0 Å². The molecule has 3 rings (SSSR count). The average Bonchev–Trinajstić information content (AvgIpc) is 3.10. The molecule has 1 heterocycles. The van der Waals surface area contributed by atoms with Gasteiger partial charge < -0.3 is 5.73 Å². The van der Waals surface area contributed by atoms with E-state index in [1.807, 2.05) is 4.68 Å². The van der Waals surface area contributed by atoms with Crippen molar-refractivity contribution < 1.29 is 4.79 Å². The molecule has 16 heavy (non-hydrogen) atoms. The number of hydrogen-bond acceptors (Lipinski definition) is 3. The van der Waals surface area contributed by atoms with Gasteiger partial charge in [0.25, 0.3) is 5.91 Å². The summed E-state index contributed by atoms with van der Waals surface area (Å²) in [4.78, 5) is 11.3. The van der Waals surface area contributed by atoms with Crippen LogP contribution in [0.1, 0.15) is 48.4 Å². The minimum absolute atomic E-state index is 0.381. The van der Waals surface area contributed by atoms with Crippen LogP contribution in [0.4, 0.5) is 0 Å². The first-order valence-electron chi connectivity index (χ1n) is 5.90. The number of carbonyl (C=O) groups excluding carboxylic acids is 1. The lowest BCUT2D eigenvalue weighted by atomic mass is 10.1. The van der Waals surface area contributed by atoms with E-state index in [0.717, 1.165) is 18.5 Å². The van der Waals surface area contributed by atoms with E-state index in [0.29, 0.717) is 23.6 Å². The maximum Gasteiger partial charge on any atom is 0.271 e. The minimum Gasteiger partial charge on any atom is -0.364 e. The first-order valence-corrected chi connectivity index (χ1v) is 5.90. The molecule has 0 aromatic carbocycles.